The van der Waals surface area contributed by atoms with E-state index in [0.29, 0.717) is 6.54 Å². The van der Waals surface area contributed by atoms with Crippen molar-refractivity contribution in [3.8, 4) is 5.75 Å². The number of hydrogen-bond acceptors (Lipinski definition) is 5. The first kappa shape index (κ1) is 16.2. The Morgan fingerprint density at radius 2 is 2.05 bits per heavy atom. The number of methoxy groups -OCH3 is 1. The molecule has 2 rings (SSSR count). The Labute approximate surface area is 131 Å². The molecule has 0 amide bonds. The molecule has 22 heavy (non-hydrogen) atoms. The Morgan fingerprint density at radius 3 is 2.73 bits per heavy atom. The van der Waals surface area contributed by atoms with Crippen LogP contribution in [0, 0.1) is 0 Å². The third-order valence-corrected chi connectivity index (χ3v) is 3.49. The summed E-state index contributed by atoms with van der Waals surface area (Å²) in [6, 6.07) is 7.58. The van der Waals surface area contributed by atoms with E-state index in [1.165, 1.54) is 6.21 Å². The van der Waals surface area contributed by atoms with Gasteiger partial charge in [-0.3, -0.25) is 4.79 Å². The zero-order chi connectivity index (χ0) is 15.8. The number of benzene rings is 1. The Balaban J connectivity index is 1.89. The molecule has 0 aliphatic carbocycles. The topological polar surface area (TPSA) is 62.7 Å². The summed E-state index contributed by atoms with van der Waals surface area (Å²) in [6.45, 7) is 3.62. The molecule has 1 heterocycles. The largest absolute Gasteiger partial charge is 0.497 e. The maximum absolute atomic E-state index is 11.8. The lowest BCUT2D eigenvalue weighted by molar-refractivity contribution is -0.113. The SMILES string of the molecule is CCCCNC1C=C(NCc2ccc(OC)cc2)N=CC1=O. The summed E-state index contributed by atoms with van der Waals surface area (Å²) in [6.07, 6.45) is 5.40. The molecule has 0 fully saturated rings. The molecule has 0 aromatic heterocycles. The Morgan fingerprint density at radius 1 is 1.27 bits per heavy atom. The van der Waals surface area contributed by atoms with Crippen LogP contribution in [-0.4, -0.2) is 31.7 Å². The van der Waals surface area contributed by atoms with Gasteiger partial charge in [0, 0.05) is 6.54 Å². The zero-order valence-electron chi connectivity index (χ0n) is 13.1. The number of nitrogens with one attached hydrogen (secondary N) is 2. The number of ketones is 1. The minimum absolute atomic E-state index is 0.00565. The Bertz CT molecular complexity index is 550. The molecule has 5 nitrogen and oxygen atoms in total. The van der Waals surface area contributed by atoms with Crippen LogP contribution in [0.5, 0.6) is 5.75 Å². The number of aliphatic imine (C=N–C) groups is 1. The van der Waals surface area contributed by atoms with Crippen LogP contribution in [0.4, 0.5) is 0 Å². The fourth-order valence-electron chi connectivity index (χ4n) is 2.13. The van der Waals surface area contributed by atoms with Crippen molar-refractivity contribution in [2.24, 2.45) is 4.99 Å². The summed E-state index contributed by atoms with van der Waals surface area (Å²) in [5.74, 6) is 1.57. The van der Waals surface area contributed by atoms with Crippen molar-refractivity contribution in [2.75, 3.05) is 13.7 Å². The molecule has 1 unspecified atom stereocenters. The van der Waals surface area contributed by atoms with E-state index >= 15 is 0 Å². The van der Waals surface area contributed by atoms with Gasteiger partial charge in [-0.2, -0.15) is 0 Å². The van der Waals surface area contributed by atoms with Gasteiger partial charge in [0.15, 0.2) is 5.78 Å². The van der Waals surface area contributed by atoms with Crippen LogP contribution < -0.4 is 15.4 Å². The van der Waals surface area contributed by atoms with Gasteiger partial charge in [0.25, 0.3) is 0 Å². The number of carbonyl (C=O) groups is 1. The van der Waals surface area contributed by atoms with E-state index in [4.69, 9.17) is 4.74 Å². The first-order valence-corrected chi connectivity index (χ1v) is 7.63. The molecule has 0 radical (unpaired) electrons. The average molecular weight is 301 g/mol. The highest BCUT2D eigenvalue weighted by atomic mass is 16.5. The number of unbranched alkanes of at least 4 members (excludes halogenated alkanes) is 1. The Hall–Kier alpha value is -2.14. The van der Waals surface area contributed by atoms with Gasteiger partial charge in [0.2, 0.25) is 0 Å². The lowest BCUT2D eigenvalue weighted by Gasteiger charge is -2.17. The van der Waals surface area contributed by atoms with Crippen LogP contribution in [-0.2, 0) is 11.3 Å². The van der Waals surface area contributed by atoms with Crippen molar-refractivity contribution in [1.29, 1.82) is 0 Å². The van der Waals surface area contributed by atoms with Crippen molar-refractivity contribution >= 4 is 12.0 Å². The van der Waals surface area contributed by atoms with E-state index in [-0.39, 0.29) is 11.8 Å². The molecular formula is C17H23N3O2. The van der Waals surface area contributed by atoms with Gasteiger partial charge in [0.1, 0.15) is 11.6 Å². The molecule has 1 aromatic rings. The summed E-state index contributed by atoms with van der Waals surface area (Å²) in [5.41, 5.74) is 1.13. The lowest BCUT2D eigenvalue weighted by Crippen LogP contribution is -2.39. The Kier molecular flexibility index (Phi) is 6.15. The number of rotatable bonds is 8. The molecule has 0 saturated carbocycles. The van der Waals surface area contributed by atoms with Gasteiger partial charge in [0.05, 0.1) is 19.4 Å². The molecule has 118 valence electrons. The highest BCUT2D eigenvalue weighted by molar-refractivity contribution is 6.31. The molecule has 0 bridgehead atoms. The molecule has 0 spiro atoms. The van der Waals surface area contributed by atoms with Gasteiger partial charge in [-0.05, 0) is 36.7 Å². The van der Waals surface area contributed by atoms with E-state index in [9.17, 15) is 4.79 Å². The maximum Gasteiger partial charge on any atom is 0.194 e. The first-order valence-electron chi connectivity index (χ1n) is 7.63. The average Bonchev–Trinajstić information content (AvgIpc) is 2.56. The number of carbonyl (C=O) groups excluding carboxylic acids is 1. The van der Waals surface area contributed by atoms with Crippen molar-refractivity contribution in [3.05, 3.63) is 41.7 Å². The minimum Gasteiger partial charge on any atom is -0.497 e. The highest BCUT2D eigenvalue weighted by Gasteiger charge is 2.17. The van der Waals surface area contributed by atoms with Crippen molar-refractivity contribution in [2.45, 2.75) is 32.4 Å². The van der Waals surface area contributed by atoms with E-state index in [0.717, 1.165) is 36.5 Å². The highest BCUT2D eigenvalue weighted by Crippen LogP contribution is 2.12. The molecule has 1 aliphatic heterocycles. The molecule has 5 heteroatoms. The second-order valence-corrected chi connectivity index (χ2v) is 5.20. The van der Waals surface area contributed by atoms with Crippen molar-refractivity contribution < 1.29 is 9.53 Å². The number of hydrogen-bond donors (Lipinski definition) is 2. The van der Waals surface area contributed by atoms with E-state index in [1.54, 1.807) is 7.11 Å². The van der Waals surface area contributed by atoms with E-state index in [2.05, 4.69) is 22.5 Å². The van der Waals surface area contributed by atoms with Crippen LogP contribution in [0.2, 0.25) is 0 Å². The standard InChI is InChI=1S/C17H23N3O2/c1-3-4-9-18-15-10-17(20-12-16(15)21)19-11-13-5-7-14(22-2)8-6-13/h5-8,10,12,15,18-19H,3-4,9,11H2,1-2H3. The molecule has 1 aromatic carbocycles. The van der Waals surface area contributed by atoms with Crippen LogP contribution in [0.15, 0.2) is 41.2 Å². The second-order valence-electron chi connectivity index (χ2n) is 5.20. The van der Waals surface area contributed by atoms with Crippen LogP contribution in [0.25, 0.3) is 0 Å². The van der Waals surface area contributed by atoms with E-state index in [1.807, 2.05) is 30.3 Å². The summed E-state index contributed by atoms with van der Waals surface area (Å²) in [7, 11) is 1.65. The zero-order valence-corrected chi connectivity index (χ0v) is 13.1. The first-order chi connectivity index (χ1) is 10.7. The quantitative estimate of drug-likeness (QED) is 0.721. The van der Waals surface area contributed by atoms with Crippen LogP contribution >= 0.6 is 0 Å². The summed E-state index contributed by atoms with van der Waals surface area (Å²) < 4.78 is 5.14. The van der Waals surface area contributed by atoms with Gasteiger partial charge < -0.3 is 15.4 Å². The van der Waals surface area contributed by atoms with Gasteiger partial charge in [-0.1, -0.05) is 25.5 Å². The maximum atomic E-state index is 11.8. The number of ether oxygens (including phenoxy) is 1. The third-order valence-electron chi connectivity index (χ3n) is 3.49. The molecule has 2 N–H and O–H groups in total. The monoisotopic (exact) mass is 301 g/mol. The fraction of sp³-hybridized carbons (Fsp3) is 0.412. The smallest absolute Gasteiger partial charge is 0.194 e. The molecule has 1 aliphatic rings. The van der Waals surface area contributed by atoms with Gasteiger partial charge >= 0.3 is 0 Å². The molecule has 1 atom stereocenters. The third kappa shape index (κ3) is 4.70. The lowest BCUT2D eigenvalue weighted by atomic mass is 10.1. The molecule has 0 saturated heterocycles. The fourth-order valence-corrected chi connectivity index (χ4v) is 2.13. The summed E-state index contributed by atoms with van der Waals surface area (Å²) in [4.78, 5) is 15.9. The van der Waals surface area contributed by atoms with E-state index < -0.39 is 0 Å². The normalized spacial score (nSPS) is 17.3. The predicted octanol–water partition coefficient (Wildman–Crippen LogP) is 2.04. The van der Waals surface area contributed by atoms with Gasteiger partial charge in [-0.25, -0.2) is 4.99 Å². The van der Waals surface area contributed by atoms with Crippen molar-refractivity contribution in [1.82, 2.24) is 10.6 Å². The molecular weight excluding hydrogens is 278 g/mol. The summed E-state index contributed by atoms with van der Waals surface area (Å²) >= 11 is 0. The second kappa shape index (κ2) is 8.34. The van der Waals surface area contributed by atoms with Crippen LogP contribution in [0.1, 0.15) is 25.3 Å². The van der Waals surface area contributed by atoms with Crippen molar-refractivity contribution in [3.63, 3.8) is 0 Å². The predicted molar refractivity (Wildman–Crippen MR) is 88.1 cm³/mol. The van der Waals surface area contributed by atoms with Gasteiger partial charge in [-0.15, -0.1) is 0 Å². The number of Topliss-reactive ketones (excluding diaryl/α,β-unsaturated/α-hetero) is 1. The minimum atomic E-state index is -0.276. The van der Waals surface area contributed by atoms with Crippen LogP contribution in [0.3, 0.4) is 0 Å². The summed E-state index contributed by atoms with van der Waals surface area (Å²) in [5, 5.41) is 6.49. The number of nitrogens with zero attached hydrogens (tertiary/aromatic N) is 1.